The van der Waals surface area contributed by atoms with Crippen LogP contribution in [0.25, 0.3) is 0 Å². The summed E-state index contributed by atoms with van der Waals surface area (Å²) in [5, 5.41) is 2.39. The third-order valence-electron chi connectivity index (χ3n) is 4.71. The van der Waals surface area contributed by atoms with Crippen LogP contribution in [0.5, 0.6) is 0 Å². The van der Waals surface area contributed by atoms with E-state index in [-0.39, 0.29) is 17.6 Å². The van der Waals surface area contributed by atoms with Gasteiger partial charge in [0, 0.05) is 17.8 Å². The van der Waals surface area contributed by atoms with Crippen LogP contribution in [0.1, 0.15) is 26.3 Å². The van der Waals surface area contributed by atoms with Crippen molar-refractivity contribution >= 4 is 23.2 Å². The highest BCUT2D eigenvalue weighted by atomic mass is 19.1. The zero-order valence-corrected chi connectivity index (χ0v) is 14.8. The first kappa shape index (κ1) is 18.0. The lowest BCUT2D eigenvalue weighted by Crippen LogP contribution is -2.49. The van der Waals surface area contributed by atoms with E-state index in [9.17, 15) is 18.4 Å². The normalized spacial score (nSPS) is 16.3. The summed E-state index contributed by atoms with van der Waals surface area (Å²) in [6.07, 6.45) is 0.714. The molecule has 4 nitrogen and oxygen atoms in total. The minimum absolute atomic E-state index is 0.0745. The number of hydrogen-bond donors (Lipinski definition) is 1. The summed E-state index contributed by atoms with van der Waals surface area (Å²) in [6.45, 7) is 4.92. The van der Waals surface area contributed by atoms with Crippen molar-refractivity contribution in [1.29, 1.82) is 0 Å². The van der Waals surface area contributed by atoms with Crippen molar-refractivity contribution in [2.45, 2.75) is 33.2 Å². The second-order valence-electron chi connectivity index (χ2n) is 7.06. The molecule has 3 rings (SSSR count). The number of benzene rings is 2. The maximum atomic E-state index is 13.8. The van der Waals surface area contributed by atoms with Gasteiger partial charge in [0.15, 0.2) is 0 Å². The van der Waals surface area contributed by atoms with Gasteiger partial charge in [-0.15, -0.1) is 0 Å². The molecule has 0 saturated heterocycles. The Kier molecular flexibility index (Phi) is 4.52. The van der Waals surface area contributed by atoms with Crippen LogP contribution in [-0.4, -0.2) is 17.9 Å². The van der Waals surface area contributed by atoms with E-state index in [0.29, 0.717) is 12.5 Å². The van der Waals surface area contributed by atoms with Crippen LogP contribution in [0, 0.1) is 17.0 Å². The Bertz CT molecular complexity index is 880. The molecule has 1 heterocycles. The predicted octanol–water partition coefficient (Wildman–Crippen LogP) is 3.91. The summed E-state index contributed by atoms with van der Waals surface area (Å²) in [5.41, 5.74) is 0.257. The van der Waals surface area contributed by atoms with E-state index in [0.717, 1.165) is 23.4 Å². The Hall–Kier alpha value is -2.76. The average Bonchev–Trinajstić information content (AvgIpc) is 2.92. The van der Waals surface area contributed by atoms with Crippen LogP contribution in [0.2, 0.25) is 0 Å². The zero-order chi connectivity index (χ0) is 19.1. The van der Waals surface area contributed by atoms with Gasteiger partial charge in [-0.2, -0.15) is 0 Å². The number of nitrogens with zero attached hydrogens (tertiary/aromatic N) is 1. The van der Waals surface area contributed by atoms with Gasteiger partial charge in [0.05, 0.1) is 5.69 Å². The second kappa shape index (κ2) is 6.52. The van der Waals surface area contributed by atoms with Gasteiger partial charge in [-0.25, -0.2) is 8.78 Å². The molecule has 0 fully saturated rings. The van der Waals surface area contributed by atoms with Gasteiger partial charge in [-0.3, -0.25) is 9.59 Å². The fraction of sp³-hybridized carbons (Fsp3) is 0.300. The first-order chi connectivity index (χ1) is 12.2. The second-order valence-corrected chi connectivity index (χ2v) is 7.06. The monoisotopic (exact) mass is 358 g/mol. The van der Waals surface area contributed by atoms with Crippen molar-refractivity contribution in [3.63, 3.8) is 0 Å². The number of anilines is 2. The molecule has 0 spiro atoms. The number of carbonyl (C=O) groups excluding carboxylic acids is 2. The van der Waals surface area contributed by atoms with Crippen molar-refractivity contribution in [3.8, 4) is 0 Å². The van der Waals surface area contributed by atoms with Crippen molar-refractivity contribution < 1.29 is 18.4 Å². The lowest BCUT2D eigenvalue weighted by Gasteiger charge is -2.31. The summed E-state index contributed by atoms with van der Waals surface area (Å²) in [6, 6.07) is 10.4. The van der Waals surface area contributed by atoms with E-state index >= 15 is 0 Å². The van der Waals surface area contributed by atoms with Gasteiger partial charge >= 0.3 is 0 Å². The fourth-order valence-electron chi connectivity index (χ4n) is 3.14. The highest BCUT2D eigenvalue weighted by Crippen LogP contribution is 2.36. The Labute approximate surface area is 150 Å². The Morgan fingerprint density at radius 1 is 1.15 bits per heavy atom. The van der Waals surface area contributed by atoms with Crippen LogP contribution in [0.3, 0.4) is 0 Å². The van der Waals surface area contributed by atoms with E-state index in [1.54, 1.807) is 4.90 Å². The highest BCUT2D eigenvalue weighted by molar-refractivity contribution is 6.15. The highest BCUT2D eigenvalue weighted by Gasteiger charge is 2.43. The molecule has 1 aliphatic heterocycles. The van der Waals surface area contributed by atoms with Crippen molar-refractivity contribution in [1.82, 2.24) is 0 Å². The number of nitrogens with one attached hydrogen (secondary N) is 1. The molecular formula is C20H20F2N2O2. The standard InChI is InChI=1S/C20H20F2N2O2/c1-12-10-13-6-4-5-7-17(13)24(12)19(26)20(2,3)18(25)23-16-9-8-14(21)11-15(16)22/h4-9,11-12H,10H2,1-3H3,(H,23,25). The van der Waals surface area contributed by atoms with Gasteiger partial charge in [0.25, 0.3) is 0 Å². The van der Waals surface area contributed by atoms with E-state index in [4.69, 9.17) is 0 Å². The summed E-state index contributed by atoms with van der Waals surface area (Å²) in [4.78, 5) is 27.4. The van der Waals surface area contributed by atoms with Gasteiger partial charge in [0.1, 0.15) is 17.0 Å². The van der Waals surface area contributed by atoms with Crippen LogP contribution in [0.4, 0.5) is 20.2 Å². The summed E-state index contributed by atoms with van der Waals surface area (Å²) >= 11 is 0. The lowest BCUT2D eigenvalue weighted by atomic mass is 9.89. The SMILES string of the molecule is CC1Cc2ccccc2N1C(=O)C(C)(C)C(=O)Nc1ccc(F)cc1F. The Balaban J connectivity index is 1.85. The Morgan fingerprint density at radius 2 is 1.85 bits per heavy atom. The first-order valence-electron chi connectivity index (χ1n) is 8.40. The third kappa shape index (κ3) is 3.07. The van der Waals surface area contributed by atoms with E-state index < -0.39 is 23.0 Å². The molecular weight excluding hydrogens is 338 g/mol. The van der Waals surface area contributed by atoms with Crippen LogP contribution in [-0.2, 0) is 16.0 Å². The lowest BCUT2D eigenvalue weighted by molar-refractivity contribution is -0.136. The molecule has 1 atom stereocenters. The minimum Gasteiger partial charge on any atom is -0.323 e. The van der Waals surface area contributed by atoms with E-state index in [2.05, 4.69) is 5.32 Å². The van der Waals surface area contributed by atoms with Gasteiger partial charge in [0.2, 0.25) is 11.8 Å². The largest absolute Gasteiger partial charge is 0.323 e. The Morgan fingerprint density at radius 3 is 2.54 bits per heavy atom. The summed E-state index contributed by atoms with van der Waals surface area (Å²) < 4.78 is 26.8. The molecule has 0 saturated carbocycles. The molecule has 2 aromatic rings. The fourth-order valence-corrected chi connectivity index (χ4v) is 3.14. The quantitative estimate of drug-likeness (QED) is 0.846. The molecule has 2 aromatic carbocycles. The minimum atomic E-state index is -1.42. The van der Waals surface area contributed by atoms with Gasteiger partial charge < -0.3 is 10.2 Å². The third-order valence-corrected chi connectivity index (χ3v) is 4.71. The van der Waals surface area contributed by atoms with E-state index in [1.807, 2.05) is 31.2 Å². The summed E-state index contributed by atoms with van der Waals surface area (Å²) in [7, 11) is 0. The molecule has 2 amide bonds. The molecule has 0 aliphatic carbocycles. The summed E-state index contributed by atoms with van der Waals surface area (Å²) in [5.74, 6) is -2.64. The predicted molar refractivity (Wildman–Crippen MR) is 95.9 cm³/mol. The molecule has 1 aliphatic rings. The molecule has 136 valence electrons. The van der Waals surface area contributed by atoms with Crippen LogP contribution < -0.4 is 10.2 Å². The number of halogens is 2. The van der Waals surface area contributed by atoms with Crippen molar-refractivity contribution in [2.75, 3.05) is 10.2 Å². The number of fused-ring (bicyclic) bond motifs is 1. The van der Waals surface area contributed by atoms with E-state index in [1.165, 1.54) is 13.8 Å². The van der Waals surface area contributed by atoms with Gasteiger partial charge in [-0.1, -0.05) is 18.2 Å². The van der Waals surface area contributed by atoms with Crippen LogP contribution in [0.15, 0.2) is 42.5 Å². The molecule has 6 heteroatoms. The van der Waals surface area contributed by atoms with Crippen molar-refractivity contribution in [2.24, 2.45) is 5.41 Å². The van der Waals surface area contributed by atoms with Gasteiger partial charge in [-0.05, 0) is 51.0 Å². The molecule has 1 unspecified atom stereocenters. The van der Waals surface area contributed by atoms with Crippen molar-refractivity contribution in [3.05, 3.63) is 59.7 Å². The zero-order valence-electron chi connectivity index (χ0n) is 14.8. The van der Waals surface area contributed by atoms with Crippen LogP contribution >= 0.6 is 0 Å². The molecule has 0 radical (unpaired) electrons. The first-order valence-corrected chi connectivity index (χ1v) is 8.40. The number of amides is 2. The number of carbonyl (C=O) groups is 2. The molecule has 1 N–H and O–H groups in total. The number of rotatable bonds is 3. The number of hydrogen-bond acceptors (Lipinski definition) is 2. The molecule has 0 aromatic heterocycles. The number of para-hydroxylation sites is 1. The molecule has 0 bridgehead atoms. The smallest absolute Gasteiger partial charge is 0.242 e. The maximum absolute atomic E-state index is 13.8. The topological polar surface area (TPSA) is 49.4 Å². The maximum Gasteiger partial charge on any atom is 0.242 e. The average molecular weight is 358 g/mol. The molecule has 26 heavy (non-hydrogen) atoms.